The molecule has 1 unspecified atom stereocenters. The monoisotopic (exact) mass is 278 g/mol. The standard InChI is InChI=1S/C16H26N2O2/c1-13(2)18(4)11-10-17-15(19)12-16(3,20)14-8-6-5-7-9-14/h5-9,13,20H,10-12H2,1-4H3,(H,17,19). The Morgan fingerprint density at radius 1 is 1.35 bits per heavy atom. The van der Waals surface area contributed by atoms with Gasteiger partial charge >= 0.3 is 0 Å². The van der Waals surface area contributed by atoms with Gasteiger partial charge in [0.1, 0.15) is 0 Å². The van der Waals surface area contributed by atoms with Crippen molar-refractivity contribution in [2.45, 2.75) is 38.8 Å². The Kier molecular flexibility index (Phi) is 6.17. The van der Waals surface area contributed by atoms with Crippen LogP contribution in [0.5, 0.6) is 0 Å². The van der Waals surface area contributed by atoms with Crippen LogP contribution in [0.1, 0.15) is 32.8 Å². The fourth-order valence-electron chi connectivity index (χ4n) is 1.90. The molecule has 0 heterocycles. The molecular formula is C16H26N2O2. The minimum atomic E-state index is -1.13. The van der Waals surface area contributed by atoms with Crippen LogP contribution < -0.4 is 5.32 Å². The molecule has 0 spiro atoms. The fraction of sp³-hybridized carbons (Fsp3) is 0.562. The van der Waals surface area contributed by atoms with E-state index in [1.807, 2.05) is 37.4 Å². The van der Waals surface area contributed by atoms with E-state index in [4.69, 9.17) is 0 Å². The second-order valence-corrected chi connectivity index (χ2v) is 5.74. The summed E-state index contributed by atoms with van der Waals surface area (Å²) in [6.45, 7) is 7.29. The number of nitrogens with zero attached hydrogens (tertiary/aromatic N) is 1. The molecule has 0 aliphatic rings. The highest BCUT2D eigenvalue weighted by molar-refractivity contribution is 5.77. The average molecular weight is 278 g/mol. The Morgan fingerprint density at radius 3 is 2.50 bits per heavy atom. The summed E-state index contributed by atoms with van der Waals surface area (Å²) < 4.78 is 0. The lowest BCUT2D eigenvalue weighted by Crippen LogP contribution is -2.38. The third-order valence-electron chi connectivity index (χ3n) is 3.57. The van der Waals surface area contributed by atoms with Crippen LogP contribution >= 0.6 is 0 Å². The van der Waals surface area contributed by atoms with Crippen molar-refractivity contribution in [1.82, 2.24) is 10.2 Å². The molecule has 0 aliphatic carbocycles. The lowest BCUT2D eigenvalue weighted by Gasteiger charge is -2.24. The van der Waals surface area contributed by atoms with Crippen LogP contribution in [0.25, 0.3) is 0 Å². The largest absolute Gasteiger partial charge is 0.385 e. The number of benzene rings is 1. The number of aliphatic hydroxyl groups is 1. The summed E-state index contributed by atoms with van der Waals surface area (Å²) in [7, 11) is 2.02. The van der Waals surface area contributed by atoms with Crippen molar-refractivity contribution in [2.75, 3.05) is 20.1 Å². The second-order valence-electron chi connectivity index (χ2n) is 5.74. The Morgan fingerprint density at radius 2 is 1.95 bits per heavy atom. The van der Waals surface area contributed by atoms with Gasteiger partial charge in [0.05, 0.1) is 12.0 Å². The van der Waals surface area contributed by atoms with Crippen LogP contribution in [0.15, 0.2) is 30.3 Å². The molecule has 0 bridgehead atoms. The lowest BCUT2D eigenvalue weighted by atomic mass is 9.92. The highest BCUT2D eigenvalue weighted by Crippen LogP contribution is 2.23. The number of hydrogen-bond donors (Lipinski definition) is 2. The number of hydrogen-bond acceptors (Lipinski definition) is 3. The molecule has 1 atom stereocenters. The van der Waals surface area contributed by atoms with Gasteiger partial charge in [0.15, 0.2) is 0 Å². The van der Waals surface area contributed by atoms with Crippen LogP contribution in [0.3, 0.4) is 0 Å². The first-order valence-electron chi connectivity index (χ1n) is 7.08. The molecule has 112 valence electrons. The minimum Gasteiger partial charge on any atom is -0.385 e. The smallest absolute Gasteiger partial charge is 0.223 e. The van der Waals surface area contributed by atoms with Crippen molar-refractivity contribution in [3.05, 3.63) is 35.9 Å². The van der Waals surface area contributed by atoms with Gasteiger partial charge in [-0.05, 0) is 33.4 Å². The highest BCUT2D eigenvalue weighted by atomic mass is 16.3. The first-order valence-corrected chi connectivity index (χ1v) is 7.08. The first-order chi connectivity index (χ1) is 9.33. The molecule has 0 aromatic heterocycles. The van der Waals surface area contributed by atoms with Gasteiger partial charge in [-0.25, -0.2) is 0 Å². The van der Waals surface area contributed by atoms with Gasteiger partial charge in [-0.3, -0.25) is 4.79 Å². The van der Waals surface area contributed by atoms with Crippen LogP contribution in [0.2, 0.25) is 0 Å². The van der Waals surface area contributed by atoms with Crippen molar-refractivity contribution < 1.29 is 9.90 Å². The topological polar surface area (TPSA) is 52.6 Å². The van der Waals surface area contributed by atoms with E-state index in [1.165, 1.54) is 0 Å². The third-order valence-corrected chi connectivity index (χ3v) is 3.57. The van der Waals surface area contributed by atoms with Gasteiger partial charge in [0.25, 0.3) is 0 Å². The molecule has 0 radical (unpaired) electrons. The molecule has 4 nitrogen and oxygen atoms in total. The SMILES string of the molecule is CC(C)N(C)CCNC(=O)CC(C)(O)c1ccccc1. The van der Waals surface area contributed by atoms with Crippen LogP contribution in [-0.4, -0.2) is 42.1 Å². The Labute approximate surface area is 121 Å². The number of carbonyl (C=O) groups excluding carboxylic acids is 1. The van der Waals surface area contributed by atoms with Gasteiger partial charge in [-0.15, -0.1) is 0 Å². The zero-order valence-corrected chi connectivity index (χ0v) is 12.9. The van der Waals surface area contributed by atoms with E-state index < -0.39 is 5.60 Å². The molecule has 1 aromatic rings. The van der Waals surface area contributed by atoms with Crippen molar-refractivity contribution in [1.29, 1.82) is 0 Å². The summed E-state index contributed by atoms with van der Waals surface area (Å²) in [6.07, 6.45) is 0.0718. The number of carbonyl (C=O) groups is 1. The maximum Gasteiger partial charge on any atom is 0.223 e. The van der Waals surface area contributed by atoms with Gasteiger partial charge < -0.3 is 15.3 Å². The molecule has 0 saturated carbocycles. The maximum absolute atomic E-state index is 11.9. The summed E-state index contributed by atoms with van der Waals surface area (Å²) in [5.74, 6) is -0.129. The van der Waals surface area contributed by atoms with Gasteiger partial charge in [-0.2, -0.15) is 0 Å². The predicted molar refractivity (Wildman–Crippen MR) is 81.4 cm³/mol. The van der Waals surface area contributed by atoms with Crippen LogP contribution in [0, 0.1) is 0 Å². The molecule has 1 aromatic carbocycles. The molecular weight excluding hydrogens is 252 g/mol. The fourth-order valence-corrected chi connectivity index (χ4v) is 1.90. The summed E-state index contributed by atoms with van der Waals surface area (Å²) in [4.78, 5) is 14.1. The zero-order chi connectivity index (χ0) is 15.2. The van der Waals surface area contributed by atoms with Crippen LogP contribution in [0.4, 0.5) is 0 Å². The van der Waals surface area contributed by atoms with Crippen molar-refractivity contribution in [3.8, 4) is 0 Å². The van der Waals surface area contributed by atoms with E-state index in [2.05, 4.69) is 24.1 Å². The lowest BCUT2D eigenvalue weighted by molar-refractivity contribution is -0.125. The van der Waals surface area contributed by atoms with E-state index in [0.29, 0.717) is 12.6 Å². The Hall–Kier alpha value is -1.39. The third kappa shape index (κ3) is 5.31. The minimum absolute atomic E-state index is 0.0718. The summed E-state index contributed by atoms with van der Waals surface area (Å²) >= 11 is 0. The summed E-state index contributed by atoms with van der Waals surface area (Å²) in [5.41, 5.74) is -0.371. The van der Waals surface area contributed by atoms with Crippen molar-refractivity contribution in [3.63, 3.8) is 0 Å². The molecule has 2 N–H and O–H groups in total. The normalized spacial score (nSPS) is 14.3. The quantitative estimate of drug-likeness (QED) is 0.799. The van der Waals surface area contributed by atoms with E-state index in [0.717, 1.165) is 12.1 Å². The van der Waals surface area contributed by atoms with Crippen molar-refractivity contribution >= 4 is 5.91 Å². The molecule has 0 aliphatic heterocycles. The van der Waals surface area contributed by atoms with E-state index in [-0.39, 0.29) is 12.3 Å². The first kappa shape index (κ1) is 16.7. The molecule has 0 fully saturated rings. The van der Waals surface area contributed by atoms with Crippen molar-refractivity contribution in [2.24, 2.45) is 0 Å². The second kappa shape index (κ2) is 7.41. The predicted octanol–water partition coefficient (Wildman–Crippen LogP) is 1.74. The zero-order valence-electron chi connectivity index (χ0n) is 12.9. The number of rotatable bonds is 7. The van der Waals surface area contributed by atoms with E-state index >= 15 is 0 Å². The Bertz CT molecular complexity index is 416. The van der Waals surface area contributed by atoms with Crippen LogP contribution in [-0.2, 0) is 10.4 Å². The average Bonchev–Trinajstić information content (AvgIpc) is 2.39. The van der Waals surface area contributed by atoms with Gasteiger partial charge in [0.2, 0.25) is 5.91 Å². The summed E-state index contributed by atoms with van der Waals surface area (Å²) in [5, 5.41) is 13.2. The number of amides is 1. The molecule has 1 rings (SSSR count). The summed E-state index contributed by atoms with van der Waals surface area (Å²) in [6, 6.07) is 9.74. The molecule has 0 saturated heterocycles. The molecule has 20 heavy (non-hydrogen) atoms. The number of likely N-dealkylation sites (N-methyl/N-ethyl adjacent to an activating group) is 1. The molecule has 1 amide bonds. The van der Waals surface area contributed by atoms with E-state index in [9.17, 15) is 9.90 Å². The maximum atomic E-state index is 11.9. The van der Waals surface area contributed by atoms with Gasteiger partial charge in [-0.1, -0.05) is 30.3 Å². The Balaban J connectivity index is 2.42. The van der Waals surface area contributed by atoms with Gasteiger partial charge in [0, 0.05) is 19.1 Å². The van der Waals surface area contributed by atoms with E-state index in [1.54, 1.807) is 6.92 Å². The number of nitrogens with one attached hydrogen (secondary N) is 1. The highest BCUT2D eigenvalue weighted by Gasteiger charge is 2.26. The molecule has 4 heteroatoms.